The molecule has 6 unspecified atom stereocenters. The number of piperidine rings is 6. The number of benzene rings is 6. The predicted molar refractivity (Wildman–Crippen MR) is 325 cm³/mol. The Bertz CT molecular complexity index is 3630. The topological polar surface area (TPSA) is 145 Å². The minimum absolute atomic E-state index is 0. The molecule has 6 saturated heterocycles. The van der Waals surface area contributed by atoms with Gasteiger partial charge in [0.1, 0.15) is 11.5 Å². The number of aromatic nitrogens is 2. The fourth-order valence-corrected chi connectivity index (χ4v) is 15.5. The molecule has 77 heavy (non-hydrogen) atoms. The molecule has 4 bridgehead atoms. The molecule has 14 rings (SSSR count). The zero-order chi connectivity index (χ0) is 52.4. The lowest BCUT2D eigenvalue weighted by Crippen LogP contribution is -2.56. The molecule has 6 aliphatic heterocycles. The van der Waals surface area contributed by atoms with E-state index in [0.29, 0.717) is 34.1 Å². The van der Waals surface area contributed by atoms with Gasteiger partial charge in [-0.15, -0.1) is 37.1 Å². The number of ether oxygens (including phenoxy) is 2. The molecular weight excluding hydrogens is 1140 g/mol. The van der Waals surface area contributed by atoms with Crippen molar-refractivity contribution in [3.8, 4) is 11.5 Å². The van der Waals surface area contributed by atoms with Gasteiger partial charge in [0, 0.05) is 81.8 Å². The van der Waals surface area contributed by atoms with Crippen LogP contribution in [0.5, 0.6) is 11.5 Å². The lowest BCUT2D eigenvalue weighted by atomic mass is 9.71. The van der Waals surface area contributed by atoms with Crippen LogP contribution in [-0.2, 0) is 18.9 Å². The Morgan fingerprint density at radius 2 is 1.10 bits per heavy atom. The van der Waals surface area contributed by atoms with E-state index in [-0.39, 0.29) is 60.1 Å². The summed E-state index contributed by atoms with van der Waals surface area (Å²) in [6.45, 7) is 12.3. The van der Waals surface area contributed by atoms with Crippen LogP contribution >= 0.6 is 34.7 Å². The summed E-state index contributed by atoms with van der Waals surface area (Å²) >= 11 is 0. The van der Waals surface area contributed by atoms with Crippen LogP contribution in [0.3, 0.4) is 0 Å². The van der Waals surface area contributed by atoms with Crippen LogP contribution in [0.4, 0.5) is 0 Å². The van der Waals surface area contributed by atoms with Crippen LogP contribution in [0.25, 0.3) is 43.4 Å². The van der Waals surface area contributed by atoms with Gasteiger partial charge in [-0.2, -0.15) is 0 Å². The molecule has 0 amide bonds. The van der Waals surface area contributed by atoms with E-state index in [1.54, 1.807) is 38.5 Å². The number of hydrogen-bond donors (Lipinski definition) is 1. The molecule has 0 radical (unpaired) electrons. The highest BCUT2D eigenvalue weighted by atomic mass is 127. The van der Waals surface area contributed by atoms with Gasteiger partial charge >= 0.3 is 0 Å². The summed E-state index contributed by atoms with van der Waals surface area (Å²) in [5.41, 5.74) is 10.8. The van der Waals surface area contributed by atoms with Crippen LogP contribution < -0.4 is 15.2 Å². The fraction of sp³-hybridized carbons (Fsp3) is 0.323. The van der Waals surface area contributed by atoms with Gasteiger partial charge in [-0.3, -0.25) is 19.8 Å². The number of pyridine rings is 2. The first-order chi connectivity index (χ1) is 36.3. The number of nitrogens with two attached hydrogens (primary N) is 1. The lowest BCUT2D eigenvalue weighted by molar-refractivity contribution is 0.00749. The smallest absolute Gasteiger partial charge is 0.261 e. The van der Waals surface area contributed by atoms with Gasteiger partial charge in [-0.25, -0.2) is 16.8 Å². The number of rotatable bonds is 12. The summed E-state index contributed by atoms with van der Waals surface area (Å²) in [5.74, 6) is 3.80. The molecule has 11 nitrogen and oxygen atoms in total. The Balaban J connectivity index is 0.000000168. The third-order valence-corrected chi connectivity index (χ3v) is 19.6. The number of fused-ring (bicyclic) bond motifs is 10. The first-order valence-corrected chi connectivity index (χ1v) is 29.7. The normalized spacial score (nSPS) is 23.2. The molecule has 0 spiro atoms. The summed E-state index contributed by atoms with van der Waals surface area (Å²) < 4.78 is 61.7. The van der Waals surface area contributed by atoms with E-state index in [4.69, 9.17) is 25.9 Å². The molecule has 6 aromatic carbocycles. The third-order valence-electron chi connectivity index (χ3n) is 16.4. The van der Waals surface area contributed by atoms with Gasteiger partial charge in [0.15, 0.2) is 9.84 Å². The van der Waals surface area contributed by atoms with E-state index >= 15 is 0 Å². The van der Waals surface area contributed by atoms with Crippen molar-refractivity contribution in [2.75, 3.05) is 46.2 Å². The molecule has 8 heterocycles. The van der Waals surface area contributed by atoms with Gasteiger partial charge in [0.2, 0.25) is 0 Å². The maximum atomic E-state index is 14.2. The predicted octanol–water partition coefficient (Wildman–Crippen LogP) is 13.0. The largest absolute Gasteiger partial charge is 0.497 e. The van der Waals surface area contributed by atoms with Crippen molar-refractivity contribution in [1.82, 2.24) is 19.8 Å². The van der Waals surface area contributed by atoms with E-state index in [0.717, 1.165) is 106 Å². The Morgan fingerprint density at radius 1 is 0.636 bits per heavy atom. The second kappa shape index (κ2) is 24.7. The summed E-state index contributed by atoms with van der Waals surface area (Å²) in [5, 5.41) is 5.31. The first kappa shape index (κ1) is 57.7. The van der Waals surface area contributed by atoms with E-state index in [2.05, 4.69) is 57.2 Å². The minimum atomic E-state index is -3.66. The van der Waals surface area contributed by atoms with Gasteiger partial charge in [0.05, 0.1) is 40.8 Å². The van der Waals surface area contributed by atoms with E-state index in [1.807, 2.05) is 103 Å². The van der Waals surface area contributed by atoms with Gasteiger partial charge in [0.25, 0.3) is 9.05 Å². The van der Waals surface area contributed by atoms with Crippen molar-refractivity contribution < 1.29 is 26.3 Å². The molecule has 2 aromatic heterocycles. The van der Waals surface area contributed by atoms with E-state index in [9.17, 15) is 16.8 Å². The molecule has 0 aliphatic carbocycles. The van der Waals surface area contributed by atoms with Crippen LogP contribution in [0.1, 0.15) is 56.2 Å². The maximum Gasteiger partial charge on any atom is 0.261 e. The summed E-state index contributed by atoms with van der Waals surface area (Å²) in [6.07, 6.45) is 12.4. The van der Waals surface area contributed by atoms with Gasteiger partial charge in [-0.05, 0) is 145 Å². The van der Waals surface area contributed by atoms with Crippen molar-refractivity contribution in [3.05, 3.63) is 182 Å². The second-order valence-electron chi connectivity index (χ2n) is 20.4. The van der Waals surface area contributed by atoms with Gasteiger partial charge in [-0.1, -0.05) is 92.4 Å². The fourth-order valence-electron chi connectivity index (χ4n) is 12.5. The van der Waals surface area contributed by atoms with Crippen molar-refractivity contribution in [1.29, 1.82) is 0 Å². The highest BCUT2D eigenvalue weighted by Crippen LogP contribution is 2.45. The Labute approximate surface area is 475 Å². The molecular formula is C62H69ClIN5O6S2. The number of halogens is 2. The standard InChI is InChI=1S/C31H32N2O3S.C20H25N3O.C10H7ClO2S.CH4.HI/c1-3-21-19-33-16-14-23(21)17-30(33)28(26-13-15-32-29-12-11-24(36-2)18-27(26)29)20-37(34,35)31-10-6-8-22-7-4-5-9-25(22)31;1-3-13-12-23-9-7-14(13)10-19(23)20(21)16-6-8-22-18-5-4-15(24-2)11-17(16)18;11-14(12,13)10-7-3-5-8-4-1-2-6-9(8)10;;/h3-13,15,18,21,23,28,30H,1,14,16-17,19-20H2,2H3;3-6,8,11,13-14,19-20H,1,7,9-10,12,21H2,2H3;1-7H;1H4;1H/t21?,23?,28-,30-;13?,14?,19-,20-;;;/m00.../s1. The average molecular weight is 1210 g/mol. The number of hydrogen-bond acceptors (Lipinski definition) is 11. The van der Waals surface area contributed by atoms with E-state index in [1.165, 1.54) is 18.1 Å². The molecule has 8 aromatic rings. The van der Waals surface area contributed by atoms with Crippen LogP contribution in [0, 0.1) is 23.7 Å². The monoisotopic (exact) mass is 1210 g/mol. The molecule has 0 saturated carbocycles. The number of methoxy groups -OCH3 is 2. The number of sulfone groups is 1. The summed E-state index contributed by atoms with van der Waals surface area (Å²) in [6, 6.07) is 42.0. The summed E-state index contributed by atoms with van der Waals surface area (Å²) in [7, 11) is 1.40. The van der Waals surface area contributed by atoms with Crippen LogP contribution in [0.2, 0.25) is 0 Å². The first-order valence-electron chi connectivity index (χ1n) is 25.8. The zero-order valence-electron chi connectivity index (χ0n) is 42.8. The van der Waals surface area contributed by atoms with Crippen LogP contribution in [-0.4, -0.2) is 94.8 Å². The Kier molecular flexibility index (Phi) is 18.5. The zero-order valence-corrected chi connectivity index (χ0v) is 47.5. The molecule has 404 valence electrons. The van der Waals surface area contributed by atoms with Crippen molar-refractivity contribution in [3.63, 3.8) is 0 Å². The van der Waals surface area contributed by atoms with Crippen LogP contribution in [0.15, 0.2) is 181 Å². The Morgan fingerprint density at radius 3 is 1.60 bits per heavy atom. The maximum absolute atomic E-state index is 14.2. The van der Waals surface area contributed by atoms with E-state index < -0.39 is 18.9 Å². The molecule has 2 N–H and O–H groups in total. The number of nitrogens with zero attached hydrogens (tertiary/aromatic N) is 4. The highest BCUT2D eigenvalue weighted by Gasteiger charge is 2.45. The lowest BCUT2D eigenvalue weighted by Gasteiger charge is -2.51. The van der Waals surface area contributed by atoms with Crippen molar-refractivity contribution in [2.45, 2.75) is 66.9 Å². The SMILES string of the molecule is C.C=CC1CN2CCC1C[C@H]2[C@@H](CS(=O)(=O)c1cccc2ccccc12)c1ccnc2ccc(OC)cc12.C=CC1CN2CCC1C[C@H]2[C@@H](N)c1ccnc2ccc(OC)cc12.I.O=S(=O)(Cl)c1cccc2ccccc12. The molecule has 10 atom stereocenters. The summed E-state index contributed by atoms with van der Waals surface area (Å²) in [4.78, 5) is 14.7. The molecule has 6 fully saturated rings. The second-order valence-corrected chi connectivity index (χ2v) is 24.9. The van der Waals surface area contributed by atoms with Crippen molar-refractivity contribution in [2.24, 2.45) is 29.4 Å². The van der Waals surface area contributed by atoms with Gasteiger partial charge < -0.3 is 15.2 Å². The average Bonchev–Trinajstić information content (AvgIpc) is 3.47. The Hall–Kier alpha value is -5.46. The minimum Gasteiger partial charge on any atom is -0.497 e. The molecule has 6 aliphatic rings. The van der Waals surface area contributed by atoms with Crippen molar-refractivity contribution >= 4 is 96.9 Å². The quantitative estimate of drug-likeness (QED) is 0.0709. The molecule has 15 heteroatoms. The third kappa shape index (κ3) is 12.1. The highest BCUT2D eigenvalue weighted by molar-refractivity contribution is 14.0.